The van der Waals surface area contributed by atoms with E-state index in [1.807, 2.05) is 41.8 Å². The van der Waals surface area contributed by atoms with E-state index < -0.39 is 0 Å². The van der Waals surface area contributed by atoms with Crippen LogP contribution in [0.1, 0.15) is 11.1 Å². The summed E-state index contributed by atoms with van der Waals surface area (Å²) in [6.45, 7) is 0.709. The number of amides is 1. The molecular formula is C21H22N2O3S. The van der Waals surface area contributed by atoms with Crippen LogP contribution < -0.4 is 10.1 Å². The smallest absolute Gasteiger partial charge is 0.230 e. The van der Waals surface area contributed by atoms with Crippen LogP contribution in [0.4, 0.5) is 5.13 Å². The molecule has 0 saturated heterocycles. The Balaban J connectivity index is 1.58. The number of rotatable bonds is 8. The maximum atomic E-state index is 12.2. The maximum Gasteiger partial charge on any atom is 0.230 e. The fourth-order valence-electron chi connectivity index (χ4n) is 2.62. The molecule has 0 aliphatic heterocycles. The first-order chi connectivity index (χ1) is 13.2. The SMILES string of the molecule is COCCc1ccc(-c2csc(NC(=O)Cc3ccc(OC)cc3)n2)cc1. The first kappa shape index (κ1) is 19.1. The average molecular weight is 382 g/mol. The van der Waals surface area contributed by atoms with Gasteiger partial charge in [-0.15, -0.1) is 11.3 Å². The quantitative estimate of drug-likeness (QED) is 0.635. The van der Waals surface area contributed by atoms with E-state index >= 15 is 0 Å². The van der Waals surface area contributed by atoms with Crippen molar-refractivity contribution < 1.29 is 14.3 Å². The number of hydrogen-bond donors (Lipinski definition) is 1. The number of benzene rings is 2. The topological polar surface area (TPSA) is 60.5 Å². The first-order valence-corrected chi connectivity index (χ1v) is 9.52. The molecule has 6 heteroatoms. The number of nitrogens with zero attached hydrogens (tertiary/aromatic N) is 1. The predicted molar refractivity (Wildman–Crippen MR) is 108 cm³/mol. The number of carbonyl (C=O) groups is 1. The summed E-state index contributed by atoms with van der Waals surface area (Å²) in [5.74, 6) is 0.688. The van der Waals surface area contributed by atoms with Crippen LogP contribution in [-0.2, 0) is 22.4 Å². The highest BCUT2D eigenvalue weighted by molar-refractivity contribution is 7.14. The normalized spacial score (nSPS) is 10.6. The van der Waals surface area contributed by atoms with E-state index in [2.05, 4.69) is 22.4 Å². The molecule has 0 atom stereocenters. The number of thiazole rings is 1. The molecule has 3 aromatic rings. The van der Waals surface area contributed by atoms with Gasteiger partial charge in [0.05, 0.1) is 25.8 Å². The van der Waals surface area contributed by atoms with E-state index in [1.165, 1.54) is 16.9 Å². The van der Waals surface area contributed by atoms with Crippen LogP contribution in [-0.4, -0.2) is 31.7 Å². The molecule has 1 N–H and O–H groups in total. The molecule has 0 fully saturated rings. The Kier molecular flexibility index (Phi) is 6.57. The van der Waals surface area contributed by atoms with Gasteiger partial charge in [0.25, 0.3) is 0 Å². The van der Waals surface area contributed by atoms with Crippen LogP contribution >= 0.6 is 11.3 Å². The van der Waals surface area contributed by atoms with Gasteiger partial charge in [0, 0.05) is 18.1 Å². The number of hydrogen-bond acceptors (Lipinski definition) is 5. The molecule has 1 heterocycles. The molecule has 3 rings (SSSR count). The molecule has 1 aromatic heterocycles. The van der Waals surface area contributed by atoms with Crippen LogP contribution in [0.3, 0.4) is 0 Å². The summed E-state index contributed by atoms with van der Waals surface area (Å²) in [4.78, 5) is 16.8. The Bertz CT molecular complexity index is 873. The monoisotopic (exact) mass is 382 g/mol. The number of methoxy groups -OCH3 is 2. The largest absolute Gasteiger partial charge is 0.497 e. The molecule has 0 radical (unpaired) electrons. The molecule has 0 bridgehead atoms. The number of anilines is 1. The Morgan fingerprint density at radius 2 is 1.74 bits per heavy atom. The van der Waals surface area contributed by atoms with Crippen LogP contribution in [0.15, 0.2) is 53.9 Å². The van der Waals surface area contributed by atoms with Crippen molar-refractivity contribution in [3.63, 3.8) is 0 Å². The summed E-state index contributed by atoms with van der Waals surface area (Å²) in [5.41, 5.74) is 4.04. The average Bonchev–Trinajstić information content (AvgIpc) is 3.15. The zero-order chi connectivity index (χ0) is 19.1. The molecule has 0 aliphatic rings. The van der Waals surface area contributed by atoms with Crippen molar-refractivity contribution >= 4 is 22.4 Å². The Hall–Kier alpha value is -2.70. The highest BCUT2D eigenvalue weighted by Gasteiger charge is 2.09. The summed E-state index contributed by atoms with van der Waals surface area (Å²) in [5, 5.41) is 5.42. The van der Waals surface area contributed by atoms with E-state index in [4.69, 9.17) is 9.47 Å². The second-order valence-corrected chi connectivity index (χ2v) is 6.91. The van der Waals surface area contributed by atoms with Crippen LogP contribution in [0.5, 0.6) is 5.75 Å². The highest BCUT2D eigenvalue weighted by atomic mass is 32.1. The third-order valence-electron chi connectivity index (χ3n) is 4.12. The summed E-state index contributed by atoms with van der Waals surface area (Å²) in [6.07, 6.45) is 1.19. The van der Waals surface area contributed by atoms with E-state index in [9.17, 15) is 4.79 Å². The van der Waals surface area contributed by atoms with Gasteiger partial charge in [-0.2, -0.15) is 0 Å². The lowest BCUT2D eigenvalue weighted by atomic mass is 10.1. The molecule has 0 spiro atoms. The van der Waals surface area contributed by atoms with E-state index in [1.54, 1.807) is 14.2 Å². The van der Waals surface area contributed by atoms with E-state index in [0.717, 1.165) is 29.0 Å². The van der Waals surface area contributed by atoms with Crippen molar-refractivity contribution in [2.75, 3.05) is 26.1 Å². The minimum Gasteiger partial charge on any atom is -0.497 e. The third-order valence-corrected chi connectivity index (χ3v) is 4.88. The highest BCUT2D eigenvalue weighted by Crippen LogP contribution is 2.25. The fraction of sp³-hybridized carbons (Fsp3) is 0.238. The molecule has 27 heavy (non-hydrogen) atoms. The Morgan fingerprint density at radius 1 is 1.04 bits per heavy atom. The van der Waals surface area contributed by atoms with Crippen molar-refractivity contribution in [2.45, 2.75) is 12.8 Å². The van der Waals surface area contributed by atoms with Crippen molar-refractivity contribution in [1.82, 2.24) is 4.98 Å². The molecule has 0 aliphatic carbocycles. The van der Waals surface area contributed by atoms with Crippen LogP contribution in [0.25, 0.3) is 11.3 Å². The van der Waals surface area contributed by atoms with Gasteiger partial charge in [-0.1, -0.05) is 36.4 Å². The predicted octanol–water partition coefficient (Wildman–Crippen LogP) is 4.19. The summed E-state index contributed by atoms with van der Waals surface area (Å²) in [7, 11) is 3.32. The van der Waals surface area contributed by atoms with Gasteiger partial charge in [-0.3, -0.25) is 4.79 Å². The van der Waals surface area contributed by atoms with Crippen LogP contribution in [0.2, 0.25) is 0 Å². The van der Waals surface area contributed by atoms with E-state index in [0.29, 0.717) is 18.2 Å². The van der Waals surface area contributed by atoms with Gasteiger partial charge in [0.2, 0.25) is 5.91 Å². The maximum absolute atomic E-state index is 12.2. The first-order valence-electron chi connectivity index (χ1n) is 8.64. The Labute approximate surface area is 163 Å². The number of carbonyl (C=O) groups excluding carboxylic acids is 1. The third kappa shape index (κ3) is 5.39. The lowest BCUT2D eigenvalue weighted by molar-refractivity contribution is -0.115. The lowest BCUT2D eigenvalue weighted by Crippen LogP contribution is -2.14. The van der Waals surface area contributed by atoms with Crippen molar-refractivity contribution in [3.05, 3.63) is 65.0 Å². The number of nitrogens with one attached hydrogen (secondary N) is 1. The molecule has 0 saturated carbocycles. The summed E-state index contributed by atoms with van der Waals surface area (Å²) >= 11 is 1.42. The number of ether oxygens (including phenoxy) is 2. The molecule has 5 nitrogen and oxygen atoms in total. The van der Waals surface area contributed by atoms with Crippen LogP contribution in [0, 0.1) is 0 Å². The van der Waals surface area contributed by atoms with Gasteiger partial charge >= 0.3 is 0 Å². The summed E-state index contributed by atoms with van der Waals surface area (Å²) < 4.78 is 10.2. The van der Waals surface area contributed by atoms with Gasteiger partial charge in [0.15, 0.2) is 5.13 Å². The molecule has 2 aromatic carbocycles. The fourth-order valence-corrected chi connectivity index (χ4v) is 3.35. The zero-order valence-corrected chi connectivity index (χ0v) is 16.2. The number of aromatic nitrogens is 1. The Morgan fingerprint density at radius 3 is 2.41 bits per heavy atom. The van der Waals surface area contributed by atoms with Crippen molar-refractivity contribution in [1.29, 1.82) is 0 Å². The molecular weight excluding hydrogens is 360 g/mol. The summed E-state index contributed by atoms with van der Waals surface area (Å²) in [6, 6.07) is 15.7. The van der Waals surface area contributed by atoms with Gasteiger partial charge in [0.1, 0.15) is 5.75 Å². The second kappa shape index (κ2) is 9.30. The zero-order valence-electron chi connectivity index (χ0n) is 15.4. The molecule has 140 valence electrons. The van der Waals surface area contributed by atoms with Gasteiger partial charge in [-0.25, -0.2) is 4.98 Å². The molecule has 1 amide bonds. The minimum absolute atomic E-state index is 0.0871. The standard InChI is InChI=1S/C21H22N2O3S/c1-25-12-11-15-3-7-17(8-4-15)19-14-27-21(22-19)23-20(24)13-16-5-9-18(26-2)10-6-16/h3-10,14H,11-13H2,1-2H3,(H,22,23,24). The second-order valence-electron chi connectivity index (χ2n) is 6.05. The van der Waals surface area contributed by atoms with Crippen molar-refractivity contribution in [2.24, 2.45) is 0 Å². The van der Waals surface area contributed by atoms with Gasteiger partial charge in [-0.05, 0) is 29.7 Å². The van der Waals surface area contributed by atoms with Crippen molar-refractivity contribution in [3.8, 4) is 17.0 Å². The van der Waals surface area contributed by atoms with Gasteiger partial charge < -0.3 is 14.8 Å². The lowest BCUT2D eigenvalue weighted by Gasteiger charge is -2.04. The molecule has 0 unspecified atom stereocenters. The minimum atomic E-state index is -0.0871. The van der Waals surface area contributed by atoms with E-state index in [-0.39, 0.29) is 5.91 Å².